The van der Waals surface area contributed by atoms with Gasteiger partial charge in [0, 0.05) is 12.6 Å². The zero-order chi connectivity index (χ0) is 11.2. The molecule has 0 spiro atoms. The average molecular weight is 212 g/mol. The molecule has 1 N–H and O–H groups in total. The fourth-order valence-corrected chi connectivity index (χ4v) is 1.29. The standard InChI is InChI=1S/C9H19F3N2/c1-4-13-6-8(3)14(5-2)7-9(10,11)12/h8,13H,4-7H2,1-3H3. The second-order valence-corrected chi connectivity index (χ2v) is 3.33. The van der Waals surface area contributed by atoms with Gasteiger partial charge in [-0.1, -0.05) is 13.8 Å². The molecule has 0 radical (unpaired) electrons. The van der Waals surface area contributed by atoms with Gasteiger partial charge in [0.25, 0.3) is 0 Å². The molecule has 0 aliphatic rings. The smallest absolute Gasteiger partial charge is 0.315 e. The van der Waals surface area contributed by atoms with Crippen LogP contribution in [0.15, 0.2) is 0 Å². The molecule has 0 aromatic carbocycles. The summed E-state index contributed by atoms with van der Waals surface area (Å²) in [6.45, 7) is 6.47. The minimum atomic E-state index is -4.10. The second-order valence-electron chi connectivity index (χ2n) is 3.33. The second kappa shape index (κ2) is 6.24. The van der Waals surface area contributed by atoms with Crippen LogP contribution >= 0.6 is 0 Å². The Kier molecular flexibility index (Phi) is 6.11. The molecule has 5 heteroatoms. The van der Waals surface area contributed by atoms with Gasteiger partial charge >= 0.3 is 6.18 Å². The summed E-state index contributed by atoms with van der Waals surface area (Å²) in [6.07, 6.45) is -4.10. The van der Waals surface area contributed by atoms with Crippen molar-refractivity contribution in [1.29, 1.82) is 0 Å². The Morgan fingerprint density at radius 3 is 2.21 bits per heavy atom. The van der Waals surface area contributed by atoms with Gasteiger partial charge in [-0.3, -0.25) is 4.90 Å². The largest absolute Gasteiger partial charge is 0.401 e. The zero-order valence-corrected chi connectivity index (χ0v) is 8.99. The van der Waals surface area contributed by atoms with Gasteiger partial charge in [0.05, 0.1) is 6.54 Å². The van der Waals surface area contributed by atoms with Crippen molar-refractivity contribution >= 4 is 0 Å². The highest BCUT2D eigenvalue weighted by atomic mass is 19.4. The van der Waals surface area contributed by atoms with Crippen LogP contribution in [-0.2, 0) is 0 Å². The monoisotopic (exact) mass is 212 g/mol. The topological polar surface area (TPSA) is 15.3 Å². The summed E-state index contributed by atoms with van der Waals surface area (Å²) in [5.41, 5.74) is 0. The lowest BCUT2D eigenvalue weighted by molar-refractivity contribution is -0.149. The van der Waals surface area contributed by atoms with Crippen LogP contribution in [-0.4, -0.2) is 43.3 Å². The SMILES string of the molecule is CCNCC(C)N(CC)CC(F)(F)F. The summed E-state index contributed by atoms with van der Waals surface area (Å²) in [7, 11) is 0. The van der Waals surface area contributed by atoms with Crippen molar-refractivity contribution < 1.29 is 13.2 Å². The van der Waals surface area contributed by atoms with Crippen molar-refractivity contribution in [3.63, 3.8) is 0 Å². The van der Waals surface area contributed by atoms with Crippen LogP contribution < -0.4 is 5.32 Å². The van der Waals surface area contributed by atoms with E-state index in [9.17, 15) is 13.2 Å². The van der Waals surface area contributed by atoms with E-state index in [0.29, 0.717) is 13.1 Å². The van der Waals surface area contributed by atoms with Crippen LogP contribution in [0.3, 0.4) is 0 Å². The van der Waals surface area contributed by atoms with E-state index < -0.39 is 12.7 Å². The highest BCUT2D eigenvalue weighted by Crippen LogP contribution is 2.17. The van der Waals surface area contributed by atoms with E-state index in [4.69, 9.17) is 0 Å². The molecular formula is C9H19F3N2. The molecule has 0 saturated heterocycles. The number of likely N-dealkylation sites (N-methyl/N-ethyl adjacent to an activating group) is 2. The van der Waals surface area contributed by atoms with Gasteiger partial charge < -0.3 is 5.32 Å². The number of rotatable bonds is 6. The van der Waals surface area contributed by atoms with E-state index in [1.807, 2.05) is 6.92 Å². The molecular weight excluding hydrogens is 193 g/mol. The van der Waals surface area contributed by atoms with E-state index in [1.165, 1.54) is 4.90 Å². The Bertz CT molecular complexity index is 147. The summed E-state index contributed by atoms with van der Waals surface area (Å²) in [4.78, 5) is 1.42. The number of hydrogen-bond donors (Lipinski definition) is 1. The normalized spacial score (nSPS) is 14.8. The molecule has 0 rings (SSSR count). The number of nitrogens with zero attached hydrogens (tertiary/aromatic N) is 1. The predicted molar refractivity (Wildman–Crippen MR) is 51.3 cm³/mol. The molecule has 0 heterocycles. The van der Waals surface area contributed by atoms with Gasteiger partial charge in [-0.05, 0) is 20.0 Å². The van der Waals surface area contributed by atoms with E-state index in [2.05, 4.69) is 5.32 Å². The summed E-state index contributed by atoms with van der Waals surface area (Å²) in [5, 5.41) is 3.04. The molecule has 2 nitrogen and oxygen atoms in total. The molecule has 0 aromatic rings. The molecule has 0 aliphatic carbocycles. The number of nitrogens with one attached hydrogen (secondary N) is 1. The Morgan fingerprint density at radius 2 is 1.86 bits per heavy atom. The van der Waals surface area contributed by atoms with Crippen molar-refractivity contribution in [3.8, 4) is 0 Å². The molecule has 1 unspecified atom stereocenters. The third-order valence-electron chi connectivity index (χ3n) is 2.10. The van der Waals surface area contributed by atoms with Gasteiger partial charge in [0.1, 0.15) is 0 Å². The van der Waals surface area contributed by atoms with E-state index in [-0.39, 0.29) is 6.04 Å². The maximum absolute atomic E-state index is 12.1. The van der Waals surface area contributed by atoms with Crippen LogP contribution in [0.5, 0.6) is 0 Å². The number of hydrogen-bond acceptors (Lipinski definition) is 2. The van der Waals surface area contributed by atoms with Crippen LogP contribution in [0.2, 0.25) is 0 Å². The molecule has 0 fully saturated rings. The number of alkyl halides is 3. The van der Waals surface area contributed by atoms with Crippen LogP contribution in [0, 0.1) is 0 Å². The highest BCUT2D eigenvalue weighted by molar-refractivity contribution is 4.71. The Labute approximate surface area is 83.5 Å². The lowest BCUT2D eigenvalue weighted by atomic mass is 10.2. The Hall–Kier alpha value is -0.290. The van der Waals surface area contributed by atoms with Crippen molar-refractivity contribution in [2.75, 3.05) is 26.2 Å². The Morgan fingerprint density at radius 1 is 1.29 bits per heavy atom. The van der Waals surface area contributed by atoms with Crippen molar-refractivity contribution in [1.82, 2.24) is 10.2 Å². The van der Waals surface area contributed by atoms with Gasteiger partial charge in [0.15, 0.2) is 0 Å². The van der Waals surface area contributed by atoms with Gasteiger partial charge in [0.2, 0.25) is 0 Å². The van der Waals surface area contributed by atoms with Gasteiger partial charge in [-0.15, -0.1) is 0 Å². The van der Waals surface area contributed by atoms with Gasteiger partial charge in [-0.25, -0.2) is 0 Å². The third-order valence-corrected chi connectivity index (χ3v) is 2.10. The van der Waals surface area contributed by atoms with Gasteiger partial charge in [-0.2, -0.15) is 13.2 Å². The van der Waals surface area contributed by atoms with E-state index in [1.54, 1.807) is 13.8 Å². The molecule has 0 saturated carbocycles. The minimum absolute atomic E-state index is 0.0819. The zero-order valence-electron chi connectivity index (χ0n) is 8.99. The molecule has 0 aliphatic heterocycles. The summed E-state index contributed by atoms with van der Waals surface area (Å²) in [5.74, 6) is 0. The first-order chi connectivity index (χ1) is 6.40. The average Bonchev–Trinajstić information content (AvgIpc) is 2.08. The fourth-order valence-electron chi connectivity index (χ4n) is 1.29. The first kappa shape index (κ1) is 13.7. The molecule has 0 amide bonds. The fraction of sp³-hybridized carbons (Fsp3) is 1.00. The Balaban J connectivity index is 3.99. The van der Waals surface area contributed by atoms with Crippen molar-refractivity contribution in [2.24, 2.45) is 0 Å². The maximum Gasteiger partial charge on any atom is 0.401 e. The van der Waals surface area contributed by atoms with Crippen molar-refractivity contribution in [2.45, 2.75) is 33.0 Å². The molecule has 86 valence electrons. The minimum Gasteiger partial charge on any atom is -0.315 e. The summed E-state index contributed by atoms with van der Waals surface area (Å²) < 4.78 is 36.3. The molecule has 1 atom stereocenters. The maximum atomic E-state index is 12.1. The molecule has 0 aromatic heterocycles. The lowest BCUT2D eigenvalue weighted by Crippen LogP contribution is -2.44. The van der Waals surface area contributed by atoms with E-state index >= 15 is 0 Å². The van der Waals surface area contributed by atoms with Crippen molar-refractivity contribution in [3.05, 3.63) is 0 Å². The van der Waals surface area contributed by atoms with E-state index in [0.717, 1.165) is 6.54 Å². The quantitative estimate of drug-likeness (QED) is 0.723. The highest BCUT2D eigenvalue weighted by Gasteiger charge is 2.31. The lowest BCUT2D eigenvalue weighted by Gasteiger charge is -2.28. The van der Waals surface area contributed by atoms with Crippen LogP contribution in [0.4, 0.5) is 13.2 Å². The first-order valence-corrected chi connectivity index (χ1v) is 4.92. The van der Waals surface area contributed by atoms with Crippen LogP contribution in [0.25, 0.3) is 0 Å². The predicted octanol–water partition coefficient (Wildman–Crippen LogP) is 1.87. The first-order valence-electron chi connectivity index (χ1n) is 4.92. The van der Waals surface area contributed by atoms with Crippen LogP contribution in [0.1, 0.15) is 20.8 Å². The molecule has 14 heavy (non-hydrogen) atoms. The summed E-state index contributed by atoms with van der Waals surface area (Å²) in [6, 6.07) is -0.0819. The molecule has 0 bridgehead atoms. The summed E-state index contributed by atoms with van der Waals surface area (Å²) >= 11 is 0. The number of halogens is 3. The third kappa shape index (κ3) is 6.21.